The summed E-state index contributed by atoms with van der Waals surface area (Å²) in [5.74, 6) is -0.0660. The van der Waals surface area contributed by atoms with Crippen molar-refractivity contribution >= 4 is 21.8 Å². The molecule has 2 rings (SSSR count). The van der Waals surface area contributed by atoms with E-state index in [2.05, 4.69) is 22.0 Å². The number of nitrogens with zero attached hydrogens (tertiary/aromatic N) is 1. The van der Waals surface area contributed by atoms with E-state index in [1.807, 2.05) is 0 Å². The molecule has 0 bridgehead atoms. The molecule has 24 heavy (non-hydrogen) atoms. The van der Waals surface area contributed by atoms with Gasteiger partial charge in [0.25, 0.3) is 10.0 Å². The van der Waals surface area contributed by atoms with Crippen molar-refractivity contribution in [1.29, 1.82) is 0 Å². The molecule has 4 N–H and O–H groups in total. The van der Waals surface area contributed by atoms with Crippen LogP contribution < -0.4 is 15.8 Å². The van der Waals surface area contributed by atoms with Crippen molar-refractivity contribution in [1.82, 2.24) is 10.0 Å². The quantitative estimate of drug-likeness (QED) is 0.672. The topological polar surface area (TPSA) is 114 Å². The minimum Gasteiger partial charge on any atom is -0.350 e. The molecule has 1 aromatic carbocycles. The number of aliphatic imine (C=N–C) groups is 1. The highest BCUT2D eigenvalue weighted by Crippen LogP contribution is 2.22. The zero-order valence-corrected chi connectivity index (χ0v) is 14.8. The van der Waals surface area contributed by atoms with Crippen LogP contribution >= 0.6 is 0 Å². The van der Waals surface area contributed by atoms with Crippen molar-refractivity contribution in [2.75, 3.05) is 6.54 Å². The van der Waals surface area contributed by atoms with E-state index >= 15 is 0 Å². The molecule has 8 heteroatoms. The first-order valence-electron chi connectivity index (χ1n) is 8.09. The first-order chi connectivity index (χ1) is 11.4. The number of nitrogens with one attached hydrogen (secondary N) is 2. The van der Waals surface area contributed by atoms with Gasteiger partial charge in [-0.15, -0.1) is 0 Å². The van der Waals surface area contributed by atoms with Crippen molar-refractivity contribution in [3.05, 3.63) is 29.8 Å². The summed E-state index contributed by atoms with van der Waals surface area (Å²) < 4.78 is 26.5. The van der Waals surface area contributed by atoms with Crippen LogP contribution in [0.5, 0.6) is 0 Å². The Kier molecular flexibility index (Phi) is 5.95. The molecule has 1 amide bonds. The number of benzene rings is 1. The Hall–Kier alpha value is -1.93. The predicted octanol–water partition coefficient (Wildman–Crippen LogP) is 0.747. The lowest BCUT2D eigenvalue weighted by molar-refractivity contribution is -0.122. The average Bonchev–Trinajstić information content (AvgIpc) is 2.82. The SMILES string of the molecule is CCCCC(CN)NC(=O)C(C)N=C1NS(=O)(=O)c2ccccc21. The van der Waals surface area contributed by atoms with Crippen molar-refractivity contribution in [2.24, 2.45) is 10.7 Å². The monoisotopic (exact) mass is 352 g/mol. The molecule has 0 spiro atoms. The van der Waals surface area contributed by atoms with E-state index in [9.17, 15) is 13.2 Å². The maximum absolute atomic E-state index is 12.3. The van der Waals surface area contributed by atoms with Crippen molar-refractivity contribution in [3.8, 4) is 0 Å². The van der Waals surface area contributed by atoms with Gasteiger partial charge in [0.15, 0.2) is 0 Å². The number of rotatable bonds is 7. The molecule has 0 fully saturated rings. The Morgan fingerprint density at radius 2 is 2.08 bits per heavy atom. The van der Waals surface area contributed by atoms with Gasteiger partial charge in [-0.2, -0.15) is 0 Å². The second-order valence-electron chi connectivity index (χ2n) is 5.84. The zero-order valence-electron chi connectivity index (χ0n) is 14.0. The summed E-state index contributed by atoms with van der Waals surface area (Å²) in [5, 5.41) is 2.87. The minimum atomic E-state index is -3.60. The molecule has 1 aliphatic heterocycles. The van der Waals surface area contributed by atoms with Gasteiger partial charge in [0.05, 0.1) is 4.90 Å². The van der Waals surface area contributed by atoms with E-state index in [4.69, 9.17) is 5.73 Å². The lowest BCUT2D eigenvalue weighted by Crippen LogP contribution is -2.44. The van der Waals surface area contributed by atoms with Gasteiger partial charge in [0, 0.05) is 18.2 Å². The summed E-state index contributed by atoms with van der Waals surface area (Å²) in [6.45, 7) is 4.07. The lowest BCUT2D eigenvalue weighted by atomic mass is 10.1. The predicted molar refractivity (Wildman–Crippen MR) is 93.3 cm³/mol. The molecule has 2 atom stereocenters. The molecule has 2 unspecified atom stereocenters. The first-order valence-corrected chi connectivity index (χ1v) is 9.57. The highest BCUT2D eigenvalue weighted by molar-refractivity contribution is 7.90. The van der Waals surface area contributed by atoms with E-state index in [0.717, 1.165) is 19.3 Å². The zero-order chi connectivity index (χ0) is 17.7. The van der Waals surface area contributed by atoms with Crippen LogP contribution in [-0.4, -0.2) is 38.8 Å². The third-order valence-corrected chi connectivity index (χ3v) is 5.30. The fourth-order valence-electron chi connectivity index (χ4n) is 2.50. The second-order valence-corrected chi connectivity index (χ2v) is 7.49. The van der Waals surface area contributed by atoms with Crippen LogP contribution in [0.25, 0.3) is 0 Å². The summed E-state index contributed by atoms with van der Waals surface area (Å²) in [6, 6.07) is 5.76. The largest absolute Gasteiger partial charge is 0.350 e. The van der Waals surface area contributed by atoms with E-state index < -0.39 is 16.1 Å². The lowest BCUT2D eigenvalue weighted by Gasteiger charge is -2.18. The summed E-state index contributed by atoms with van der Waals surface area (Å²) in [5.41, 5.74) is 6.17. The standard InChI is InChI=1S/C16H24N4O3S/c1-3-4-7-12(10-17)19-16(21)11(2)18-15-13-8-5-6-9-14(13)24(22,23)20-15/h5-6,8-9,11-12H,3-4,7,10,17H2,1-2H3,(H,18,20)(H,19,21). The number of amides is 1. The number of unbranched alkanes of at least 4 members (excludes halogenated alkanes) is 1. The van der Waals surface area contributed by atoms with Crippen LogP contribution in [0.3, 0.4) is 0 Å². The third-order valence-electron chi connectivity index (χ3n) is 3.90. The van der Waals surface area contributed by atoms with E-state index in [0.29, 0.717) is 12.1 Å². The fourth-order valence-corrected chi connectivity index (χ4v) is 3.74. The molecule has 0 aliphatic carbocycles. The van der Waals surface area contributed by atoms with Crippen molar-refractivity contribution in [3.63, 3.8) is 0 Å². The highest BCUT2D eigenvalue weighted by atomic mass is 32.2. The Labute approximate surface area is 142 Å². The Morgan fingerprint density at radius 1 is 1.38 bits per heavy atom. The molecular weight excluding hydrogens is 328 g/mol. The number of hydrogen-bond donors (Lipinski definition) is 3. The molecule has 0 radical (unpaired) electrons. The van der Waals surface area contributed by atoms with E-state index in [1.54, 1.807) is 25.1 Å². The van der Waals surface area contributed by atoms with Crippen LogP contribution in [0.1, 0.15) is 38.7 Å². The highest BCUT2D eigenvalue weighted by Gasteiger charge is 2.31. The Bertz CT molecular complexity index is 731. The van der Waals surface area contributed by atoms with Gasteiger partial charge in [0.2, 0.25) is 5.91 Å². The van der Waals surface area contributed by atoms with Gasteiger partial charge >= 0.3 is 0 Å². The van der Waals surface area contributed by atoms with Gasteiger partial charge < -0.3 is 11.1 Å². The van der Waals surface area contributed by atoms with Crippen LogP contribution in [0.15, 0.2) is 34.2 Å². The normalized spacial score (nSPS) is 19.4. The number of nitrogens with two attached hydrogens (primary N) is 1. The molecular formula is C16H24N4O3S. The molecule has 0 saturated heterocycles. The maximum atomic E-state index is 12.3. The smallest absolute Gasteiger partial charge is 0.263 e. The van der Waals surface area contributed by atoms with Crippen molar-refractivity contribution in [2.45, 2.75) is 50.1 Å². The number of carbonyl (C=O) groups excluding carboxylic acids is 1. The summed E-state index contributed by atoms with van der Waals surface area (Å²) in [6.07, 6.45) is 2.83. The van der Waals surface area contributed by atoms with E-state index in [1.165, 1.54) is 6.07 Å². The molecule has 7 nitrogen and oxygen atoms in total. The van der Waals surface area contributed by atoms with E-state index in [-0.39, 0.29) is 22.7 Å². The van der Waals surface area contributed by atoms with Gasteiger partial charge in [-0.25, -0.2) is 8.42 Å². The molecule has 0 aromatic heterocycles. The number of sulfonamides is 1. The Morgan fingerprint density at radius 3 is 2.75 bits per heavy atom. The first kappa shape index (κ1) is 18.4. The third kappa shape index (κ3) is 4.12. The van der Waals surface area contributed by atoms with Crippen LogP contribution in [-0.2, 0) is 14.8 Å². The number of carbonyl (C=O) groups is 1. The van der Waals surface area contributed by atoms with Gasteiger partial charge in [-0.05, 0) is 25.5 Å². The fraction of sp³-hybridized carbons (Fsp3) is 0.500. The molecule has 1 heterocycles. The summed E-state index contributed by atoms with van der Waals surface area (Å²) >= 11 is 0. The molecule has 132 valence electrons. The molecule has 1 aliphatic rings. The van der Waals surface area contributed by atoms with Crippen LogP contribution in [0.2, 0.25) is 0 Å². The van der Waals surface area contributed by atoms with Crippen molar-refractivity contribution < 1.29 is 13.2 Å². The van der Waals surface area contributed by atoms with Crippen LogP contribution in [0, 0.1) is 0 Å². The average molecular weight is 352 g/mol. The van der Waals surface area contributed by atoms with Gasteiger partial charge in [-0.3, -0.25) is 14.5 Å². The minimum absolute atomic E-state index is 0.0901. The Balaban J connectivity index is 2.12. The maximum Gasteiger partial charge on any atom is 0.263 e. The number of amidine groups is 1. The molecule has 1 aromatic rings. The summed E-state index contributed by atoms with van der Waals surface area (Å²) in [7, 11) is -3.60. The second kappa shape index (κ2) is 7.76. The van der Waals surface area contributed by atoms with Crippen LogP contribution in [0.4, 0.5) is 0 Å². The molecule has 0 saturated carbocycles. The van der Waals surface area contributed by atoms with Gasteiger partial charge in [-0.1, -0.05) is 31.9 Å². The summed E-state index contributed by atoms with van der Waals surface area (Å²) in [4.78, 5) is 16.7. The van der Waals surface area contributed by atoms with Gasteiger partial charge in [0.1, 0.15) is 11.9 Å². The number of hydrogen-bond acceptors (Lipinski definition) is 5. The number of fused-ring (bicyclic) bond motifs is 1.